The van der Waals surface area contributed by atoms with Crippen molar-refractivity contribution in [2.75, 3.05) is 5.73 Å². The molecule has 0 aliphatic carbocycles. The zero-order valence-electron chi connectivity index (χ0n) is 8.78. The summed E-state index contributed by atoms with van der Waals surface area (Å²) >= 11 is 11.6. The highest BCUT2D eigenvalue weighted by molar-refractivity contribution is 6.34. The minimum atomic E-state index is -0.165. The van der Waals surface area contributed by atoms with Crippen LogP contribution in [-0.4, -0.2) is 5.78 Å². The number of benzene rings is 2. The molecule has 0 aliphatic rings. The summed E-state index contributed by atoms with van der Waals surface area (Å²) in [6.45, 7) is 0. The van der Waals surface area contributed by atoms with E-state index in [1.165, 1.54) is 0 Å². The number of carbonyl (C=O) groups is 1. The molecule has 2 N–H and O–H groups in total. The Morgan fingerprint density at radius 1 is 1.00 bits per heavy atom. The van der Waals surface area contributed by atoms with Gasteiger partial charge in [-0.2, -0.15) is 0 Å². The molecule has 2 aromatic rings. The summed E-state index contributed by atoms with van der Waals surface area (Å²) in [6, 6.07) is 11.6. The summed E-state index contributed by atoms with van der Waals surface area (Å²) < 4.78 is 0. The van der Waals surface area contributed by atoms with Crippen molar-refractivity contribution in [3.8, 4) is 0 Å². The quantitative estimate of drug-likeness (QED) is 0.663. The molecule has 0 amide bonds. The van der Waals surface area contributed by atoms with Gasteiger partial charge in [-0.05, 0) is 36.4 Å². The predicted octanol–water partition coefficient (Wildman–Crippen LogP) is 3.81. The number of ketones is 1. The standard InChI is InChI=1S/C13H9Cl2NO/c14-9-6-4-8(5-7-9)13(17)10-2-1-3-11(15)12(10)16/h1-7H,16H2. The van der Waals surface area contributed by atoms with Crippen LogP contribution in [0.4, 0.5) is 5.69 Å². The highest BCUT2D eigenvalue weighted by Crippen LogP contribution is 2.25. The Bertz CT molecular complexity index is 564. The van der Waals surface area contributed by atoms with Crippen molar-refractivity contribution < 1.29 is 4.79 Å². The second kappa shape index (κ2) is 4.78. The molecule has 0 heterocycles. The molecule has 0 saturated carbocycles. The van der Waals surface area contributed by atoms with Gasteiger partial charge >= 0.3 is 0 Å². The number of rotatable bonds is 2. The monoisotopic (exact) mass is 265 g/mol. The van der Waals surface area contributed by atoms with Gasteiger partial charge in [-0.1, -0.05) is 29.3 Å². The van der Waals surface area contributed by atoms with Gasteiger partial charge in [0.15, 0.2) is 5.78 Å². The summed E-state index contributed by atoms with van der Waals surface area (Å²) in [7, 11) is 0. The number of hydrogen-bond acceptors (Lipinski definition) is 2. The maximum Gasteiger partial charge on any atom is 0.195 e. The summed E-state index contributed by atoms with van der Waals surface area (Å²) in [5, 5.41) is 0.963. The van der Waals surface area contributed by atoms with Crippen molar-refractivity contribution in [1.82, 2.24) is 0 Å². The first kappa shape index (κ1) is 12.0. The second-order valence-corrected chi connectivity index (χ2v) is 4.38. The first-order valence-corrected chi connectivity index (χ1v) is 5.69. The van der Waals surface area contributed by atoms with Crippen LogP contribution in [0.5, 0.6) is 0 Å². The van der Waals surface area contributed by atoms with Crippen LogP contribution >= 0.6 is 23.2 Å². The molecule has 0 unspecified atom stereocenters. The highest BCUT2D eigenvalue weighted by atomic mass is 35.5. The van der Waals surface area contributed by atoms with Crippen molar-refractivity contribution in [3.05, 3.63) is 63.6 Å². The van der Waals surface area contributed by atoms with Gasteiger partial charge in [0.25, 0.3) is 0 Å². The predicted molar refractivity (Wildman–Crippen MR) is 70.7 cm³/mol. The van der Waals surface area contributed by atoms with Gasteiger partial charge in [-0.3, -0.25) is 4.79 Å². The Morgan fingerprint density at radius 3 is 2.29 bits per heavy atom. The molecule has 86 valence electrons. The van der Waals surface area contributed by atoms with E-state index < -0.39 is 0 Å². The number of para-hydroxylation sites is 1. The zero-order valence-corrected chi connectivity index (χ0v) is 10.3. The first-order chi connectivity index (χ1) is 8.09. The summed E-state index contributed by atoms with van der Waals surface area (Å²) in [5.41, 5.74) is 7.01. The van der Waals surface area contributed by atoms with Gasteiger partial charge in [-0.15, -0.1) is 0 Å². The van der Waals surface area contributed by atoms with Crippen LogP contribution in [0.1, 0.15) is 15.9 Å². The van der Waals surface area contributed by atoms with Crippen molar-refractivity contribution in [2.24, 2.45) is 0 Å². The van der Waals surface area contributed by atoms with Gasteiger partial charge in [0, 0.05) is 16.1 Å². The number of anilines is 1. The molecule has 17 heavy (non-hydrogen) atoms. The Labute approximate surface area is 109 Å². The SMILES string of the molecule is Nc1c(Cl)cccc1C(=O)c1ccc(Cl)cc1. The van der Waals surface area contributed by atoms with E-state index in [9.17, 15) is 4.79 Å². The average molecular weight is 266 g/mol. The van der Waals surface area contributed by atoms with Crippen molar-refractivity contribution in [2.45, 2.75) is 0 Å². The van der Waals surface area contributed by atoms with E-state index in [-0.39, 0.29) is 5.78 Å². The van der Waals surface area contributed by atoms with Crippen molar-refractivity contribution >= 4 is 34.7 Å². The van der Waals surface area contributed by atoms with Crippen LogP contribution in [-0.2, 0) is 0 Å². The molecular weight excluding hydrogens is 257 g/mol. The fourth-order valence-corrected chi connectivity index (χ4v) is 1.79. The summed E-state index contributed by atoms with van der Waals surface area (Å²) in [6.07, 6.45) is 0. The minimum Gasteiger partial charge on any atom is -0.397 e. The number of halogens is 2. The molecular formula is C13H9Cl2NO. The van der Waals surface area contributed by atoms with E-state index in [1.807, 2.05) is 0 Å². The van der Waals surface area contributed by atoms with Crippen LogP contribution in [0, 0.1) is 0 Å². The third kappa shape index (κ3) is 2.43. The summed E-state index contributed by atoms with van der Waals surface area (Å²) in [5.74, 6) is -0.165. The third-order valence-electron chi connectivity index (χ3n) is 2.40. The molecule has 0 radical (unpaired) electrons. The molecule has 0 spiro atoms. The fraction of sp³-hybridized carbons (Fsp3) is 0. The maximum absolute atomic E-state index is 12.1. The van der Waals surface area contributed by atoms with Crippen LogP contribution < -0.4 is 5.73 Å². The van der Waals surface area contributed by atoms with Crippen molar-refractivity contribution in [3.63, 3.8) is 0 Å². The van der Waals surface area contributed by atoms with E-state index >= 15 is 0 Å². The molecule has 2 rings (SSSR count). The Morgan fingerprint density at radius 2 is 1.65 bits per heavy atom. The molecule has 0 atom stereocenters. The molecule has 0 saturated heterocycles. The number of nitrogen functional groups attached to an aromatic ring is 1. The van der Waals surface area contributed by atoms with Gasteiger partial charge in [0.05, 0.1) is 10.7 Å². The molecule has 2 aromatic carbocycles. The zero-order chi connectivity index (χ0) is 12.4. The van der Waals surface area contributed by atoms with Crippen LogP contribution in [0.15, 0.2) is 42.5 Å². The summed E-state index contributed by atoms with van der Waals surface area (Å²) in [4.78, 5) is 12.1. The van der Waals surface area contributed by atoms with Gasteiger partial charge < -0.3 is 5.73 Å². The van der Waals surface area contributed by atoms with Crippen LogP contribution in [0.2, 0.25) is 10.0 Å². The topological polar surface area (TPSA) is 43.1 Å². The Balaban J connectivity index is 2.44. The Hall–Kier alpha value is -1.51. The Kier molecular flexibility index (Phi) is 3.36. The lowest BCUT2D eigenvalue weighted by molar-refractivity contribution is 0.103. The van der Waals surface area contributed by atoms with Gasteiger partial charge in [0.1, 0.15) is 0 Å². The smallest absolute Gasteiger partial charge is 0.195 e. The van der Waals surface area contributed by atoms with E-state index in [0.717, 1.165) is 0 Å². The van der Waals surface area contributed by atoms with Crippen LogP contribution in [0.25, 0.3) is 0 Å². The van der Waals surface area contributed by atoms with Gasteiger partial charge in [0.2, 0.25) is 0 Å². The lowest BCUT2D eigenvalue weighted by atomic mass is 10.0. The van der Waals surface area contributed by atoms with E-state index in [1.54, 1.807) is 42.5 Å². The fourth-order valence-electron chi connectivity index (χ4n) is 1.49. The minimum absolute atomic E-state index is 0.165. The molecule has 4 heteroatoms. The number of nitrogens with two attached hydrogens (primary N) is 1. The average Bonchev–Trinajstić information content (AvgIpc) is 2.33. The largest absolute Gasteiger partial charge is 0.397 e. The molecule has 2 nitrogen and oxygen atoms in total. The molecule has 0 aliphatic heterocycles. The maximum atomic E-state index is 12.1. The second-order valence-electron chi connectivity index (χ2n) is 3.54. The molecule has 0 bridgehead atoms. The molecule has 0 fully saturated rings. The lowest BCUT2D eigenvalue weighted by Crippen LogP contribution is -2.05. The first-order valence-electron chi connectivity index (χ1n) is 4.94. The molecule has 0 aromatic heterocycles. The van der Waals surface area contributed by atoms with Crippen LogP contribution in [0.3, 0.4) is 0 Å². The van der Waals surface area contributed by atoms with E-state index in [4.69, 9.17) is 28.9 Å². The number of carbonyl (C=O) groups excluding carboxylic acids is 1. The highest BCUT2D eigenvalue weighted by Gasteiger charge is 2.13. The van der Waals surface area contributed by atoms with E-state index in [2.05, 4.69) is 0 Å². The normalized spacial score (nSPS) is 10.2. The van der Waals surface area contributed by atoms with Crippen molar-refractivity contribution in [1.29, 1.82) is 0 Å². The lowest BCUT2D eigenvalue weighted by Gasteiger charge is -2.06. The van der Waals surface area contributed by atoms with E-state index in [0.29, 0.717) is 26.9 Å². The number of hydrogen-bond donors (Lipinski definition) is 1. The van der Waals surface area contributed by atoms with Gasteiger partial charge in [-0.25, -0.2) is 0 Å². The third-order valence-corrected chi connectivity index (χ3v) is 2.99.